The average Bonchev–Trinajstić information content (AvgIpc) is 3.21. The molecule has 1 aromatic carbocycles. The van der Waals surface area contributed by atoms with Crippen LogP contribution in [0.5, 0.6) is 0 Å². The van der Waals surface area contributed by atoms with Gasteiger partial charge in [-0.1, -0.05) is 34.5 Å². The first-order valence-corrected chi connectivity index (χ1v) is 10.6. The maximum atomic E-state index is 12.7. The third kappa shape index (κ3) is 5.16. The second-order valence-corrected chi connectivity index (χ2v) is 8.40. The van der Waals surface area contributed by atoms with Crippen molar-refractivity contribution in [2.75, 3.05) is 11.9 Å². The summed E-state index contributed by atoms with van der Waals surface area (Å²) in [7, 11) is 0. The molecule has 3 rings (SSSR count). The summed E-state index contributed by atoms with van der Waals surface area (Å²) < 4.78 is 6.55. The Bertz CT molecular complexity index is 1100. The van der Waals surface area contributed by atoms with Gasteiger partial charge < -0.3 is 4.74 Å². The third-order valence-electron chi connectivity index (χ3n) is 4.24. The fourth-order valence-corrected chi connectivity index (χ4v) is 3.83. The van der Waals surface area contributed by atoms with Gasteiger partial charge in [0.25, 0.3) is 5.91 Å². The van der Waals surface area contributed by atoms with E-state index in [1.807, 2.05) is 13.0 Å². The Labute approximate surface area is 187 Å². The quantitative estimate of drug-likeness (QED) is 0.525. The largest absolute Gasteiger partial charge is 0.466 e. The van der Waals surface area contributed by atoms with Crippen molar-refractivity contribution in [1.29, 1.82) is 0 Å². The van der Waals surface area contributed by atoms with Gasteiger partial charge in [-0.15, -0.1) is 16.4 Å². The van der Waals surface area contributed by atoms with Crippen LogP contribution in [-0.2, 0) is 22.5 Å². The molecule has 0 aliphatic rings. The van der Waals surface area contributed by atoms with E-state index in [4.69, 9.17) is 27.9 Å². The summed E-state index contributed by atoms with van der Waals surface area (Å²) in [4.78, 5) is 29.5. The van der Waals surface area contributed by atoms with Crippen molar-refractivity contribution in [2.45, 2.75) is 33.7 Å². The third-order valence-corrected chi connectivity index (χ3v) is 5.91. The minimum atomic E-state index is -0.427. The Morgan fingerprint density at radius 3 is 2.70 bits per heavy atom. The van der Waals surface area contributed by atoms with E-state index in [-0.39, 0.29) is 18.1 Å². The van der Waals surface area contributed by atoms with Crippen molar-refractivity contribution < 1.29 is 14.3 Å². The number of nitrogens with zero attached hydrogens (tertiary/aromatic N) is 4. The van der Waals surface area contributed by atoms with Crippen molar-refractivity contribution in [2.24, 2.45) is 0 Å². The predicted molar refractivity (Wildman–Crippen MR) is 115 cm³/mol. The molecule has 8 nitrogen and oxygen atoms in total. The number of carbonyl (C=O) groups excluding carboxylic acids is 2. The number of esters is 1. The topological polar surface area (TPSA) is 99.0 Å². The molecule has 0 unspecified atom stereocenters. The molecular formula is C19H19Cl2N5O3S. The number of amides is 1. The number of thiazole rings is 1. The number of rotatable bonds is 7. The Kier molecular flexibility index (Phi) is 7.06. The Morgan fingerprint density at radius 1 is 1.23 bits per heavy atom. The Hall–Kier alpha value is -2.49. The highest BCUT2D eigenvalue weighted by Crippen LogP contribution is 2.25. The van der Waals surface area contributed by atoms with E-state index < -0.39 is 5.91 Å². The van der Waals surface area contributed by atoms with E-state index in [1.54, 1.807) is 30.7 Å². The number of benzene rings is 1. The molecule has 2 heterocycles. The molecule has 30 heavy (non-hydrogen) atoms. The van der Waals surface area contributed by atoms with E-state index >= 15 is 0 Å². The first-order chi connectivity index (χ1) is 14.3. The number of hydrogen-bond donors (Lipinski definition) is 1. The molecule has 0 aliphatic heterocycles. The molecule has 0 radical (unpaired) electrons. The lowest BCUT2D eigenvalue weighted by molar-refractivity contribution is -0.142. The molecule has 0 bridgehead atoms. The van der Waals surface area contributed by atoms with Crippen LogP contribution in [-0.4, -0.2) is 38.5 Å². The number of carbonyl (C=O) groups is 2. The van der Waals surface area contributed by atoms with Crippen LogP contribution in [0.25, 0.3) is 0 Å². The normalized spacial score (nSPS) is 10.8. The first-order valence-electron chi connectivity index (χ1n) is 9.05. The van der Waals surface area contributed by atoms with Crippen LogP contribution in [0.4, 0.5) is 5.13 Å². The molecule has 2 aromatic heterocycles. The van der Waals surface area contributed by atoms with Gasteiger partial charge >= 0.3 is 5.97 Å². The minimum absolute atomic E-state index is 0.0604. The van der Waals surface area contributed by atoms with Gasteiger partial charge in [-0.25, -0.2) is 9.67 Å². The van der Waals surface area contributed by atoms with Gasteiger partial charge in [-0.2, -0.15) is 0 Å². The Morgan fingerprint density at radius 2 is 2.00 bits per heavy atom. The first kappa shape index (κ1) is 22.2. The number of nitrogens with one attached hydrogen (secondary N) is 1. The summed E-state index contributed by atoms with van der Waals surface area (Å²) in [6.07, 6.45) is 0.0604. The van der Waals surface area contributed by atoms with Crippen LogP contribution in [0.1, 0.15) is 39.2 Å². The maximum Gasteiger partial charge on any atom is 0.311 e. The van der Waals surface area contributed by atoms with E-state index in [2.05, 4.69) is 20.6 Å². The number of anilines is 1. The number of aromatic nitrogens is 4. The fourth-order valence-electron chi connectivity index (χ4n) is 2.68. The van der Waals surface area contributed by atoms with Crippen molar-refractivity contribution in [1.82, 2.24) is 20.0 Å². The highest BCUT2D eigenvalue weighted by atomic mass is 35.5. The SMILES string of the molecule is CCOC(=O)Cc1nc(NC(=O)c2nnn(Cc3ccc(Cl)c(Cl)c3)c2C)sc1C. The zero-order chi connectivity index (χ0) is 21.8. The second kappa shape index (κ2) is 9.55. The molecule has 0 spiro atoms. The smallest absolute Gasteiger partial charge is 0.311 e. The molecule has 0 aliphatic carbocycles. The van der Waals surface area contributed by atoms with Gasteiger partial charge in [0.1, 0.15) is 0 Å². The average molecular weight is 468 g/mol. The lowest BCUT2D eigenvalue weighted by atomic mass is 10.2. The number of aryl methyl sites for hydroxylation is 1. The predicted octanol–water partition coefficient (Wildman–Crippen LogP) is 4.06. The molecule has 0 saturated carbocycles. The van der Waals surface area contributed by atoms with Crippen molar-refractivity contribution in [3.63, 3.8) is 0 Å². The molecule has 0 saturated heterocycles. The second-order valence-electron chi connectivity index (χ2n) is 6.39. The standard InChI is InChI=1S/C19H19Cl2N5O3S/c1-4-29-16(27)8-15-11(3)30-19(22-15)23-18(28)17-10(2)26(25-24-17)9-12-5-6-13(20)14(21)7-12/h5-7H,4,8-9H2,1-3H3,(H,22,23,28). The number of halogens is 2. The van der Waals surface area contributed by atoms with Crippen LogP contribution in [0.15, 0.2) is 18.2 Å². The zero-order valence-electron chi connectivity index (χ0n) is 16.5. The van der Waals surface area contributed by atoms with Gasteiger partial charge in [0.15, 0.2) is 10.8 Å². The Balaban J connectivity index is 1.70. The summed E-state index contributed by atoms with van der Waals surface area (Å²) in [6.45, 7) is 6.03. The van der Waals surface area contributed by atoms with Crippen LogP contribution >= 0.6 is 34.5 Å². The molecule has 0 fully saturated rings. The van der Waals surface area contributed by atoms with Crippen LogP contribution in [0.3, 0.4) is 0 Å². The molecule has 1 amide bonds. The molecule has 3 aromatic rings. The summed E-state index contributed by atoms with van der Waals surface area (Å²) in [5, 5.41) is 12.1. The van der Waals surface area contributed by atoms with E-state index in [0.29, 0.717) is 39.7 Å². The monoisotopic (exact) mass is 467 g/mol. The van der Waals surface area contributed by atoms with E-state index in [1.165, 1.54) is 11.3 Å². The summed E-state index contributed by atoms with van der Waals surface area (Å²) in [5.41, 5.74) is 2.24. The summed E-state index contributed by atoms with van der Waals surface area (Å²) in [5.74, 6) is -0.783. The van der Waals surface area contributed by atoms with Gasteiger partial charge in [0.2, 0.25) is 0 Å². The molecular weight excluding hydrogens is 449 g/mol. The van der Waals surface area contributed by atoms with Crippen molar-refractivity contribution >= 4 is 51.5 Å². The van der Waals surface area contributed by atoms with Crippen molar-refractivity contribution in [3.05, 3.63) is 55.8 Å². The van der Waals surface area contributed by atoms with Crippen LogP contribution in [0, 0.1) is 13.8 Å². The highest BCUT2D eigenvalue weighted by Gasteiger charge is 2.20. The van der Waals surface area contributed by atoms with Gasteiger partial charge in [0, 0.05) is 4.88 Å². The highest BCUT2D eigenvalue weighted by molar-refractivity contribution is 7.15. The van der Waals surface area contributed by atoms with Gasteiger partial charge in [-0.3, -0.25) is 14.9 Å². The van der Waals surface area contributed by atoms with E-state index in [0.717, 1.165) is 10.4 Å². The van der Waals surface area contributed by atoms with Crippen molar-refractivity contribution in [3.8, 4) is 0 Å². The van der Waals surface area contributed by atoms with Crippen LogP contribution in [0.2, 0.25) is 10.0 Å². The molecule has 158 valence electrons. The van der Waals surface area contributed by atoms with Gasteiger partial charge in [-0.05, 0) is 38.5 Å². The lowest BCUT2D eigenvalue weighted by Crippen LogP contribution is -2.14. The lowest BCUT2D eigenvalue weighted by Gasteiger charge is -2.05. The summed E-state index contributed by atoms with van der Waals surface area (Å²) in [6, 6.07) is 5.28. The fraction of sp³-hybridized carbons (Fsp3) is 0.316. The minimum Gasteiger partial charge on any atom is -0.466 e. The molecule has 0 atom stereocenters. The van der Waals surface area contributed by atoms with E-state index in [9.17, 15) is 9.59 Å². The summed E-state index contributed by atoms with van der Waals surface area (Å²) >= 11 is 13.3. The zero-order valence-corrected chi connectivity index (χ0v) is 18.9. The van der Waals surface area contributed by atoms with Gasteiger partial charge in [0.05, 0.1) is 41.0 Å². The maximum absolute atomic E-state index is 12.7. The number of hydrogen-bond acceptors (Lipinski definition) is 7. The molecule has 11 heteroatoms. The molecule has 1 N–H and O–H groups in total. The van der Waals surface area contributed by atoms with Crippen LogP contribution < -0.4 is 5.32 Å². The number of ether oxygens (including phenoxy) is 1.